The van der Waals surface area contributed by atoms with E-state index in [1.165, 1.54) is 36.5 Å². The summed E-state index contributed by atoms with van der Waals surface area (Å²) in [6.07, 6.45) is 18.4. The number of amides is 2. The number of hydrogen-bond acceptors (Lipinski definition) is 10. The molecule has 4 aromatic rings. The highest BCUT2D eigenvalue weighted by molar-refractivity contribution is 6.29. The number of carbonyl (C=O) groups is 4. The predicted octanol–water partition coefficient (Wildman–Crippen LogP) is 11.3. The lowest BCUT2D eigenvalue weighted by Crippen LogP contribution is -2.55. The van der Waals surface area contributed by atoms with Crippen LogP contribution in [0, 0.1) is 23.7 Å². The summed E-state index contributed by atoms with van der Waals surface area (Å²) in [5.41, 5.74) is 6.55. The third-order valence-corrected chi connectivity index (χ3v) is 19.2. The topological polar surface area (TPSA) is 118 Å². The van der Waals surface area contributed by atoms with Gasteiger partial charge in [-0.2, -0.15) is 10.1 Å². The molecule has 8 aliphatic rings. The quantitative estimate of drug-likeness (QED) is 0.0587. The average Bonchev–Trinajstić information content (AvgIpc) is 4.27. The van der Waals surface area contributed by atoms with Crippen molar-refractivity contribution in [1.29, 1.82) is 0 Å². The number of alkyl halides is 2. The summed E-state index contributed by atoms with van der Waals surface area (Å²) < 4.78 is 11.8. The molecular weight excluding hydrogens is 976 g/mol. The van der Waals surface area contributed by atoms with Crippen LogP contribution in [-0.4, -0.2) is 108 Å². The fourth-order valence-corrected chi connectivity index (χ4v) is 15.0. The number of carbonyl (C=O) groups excluding carboxylic acids is 4. The van der Waals surface area contributed by atoms with Crippen LogP contribution in [0.5, 0.6) is 0 Å². The van der Waals surface area contributed by atoms with Crippen molar-refractivity contribution in [3.05, 3.63) is 106 Å². The molecule has 2 amide bonds. The van der Waals surface area contributed by atoms with Gasteiger partial charge in [-0.05, 0) is 167 Å². The van der Waals surface area contributed by atoms with Gasteiger partial charge in [-0.15, -0.1) is 23.2 Å². The number of likely N-dealkylation sites (tertiary alicyclic amines) is 2. The molecule has 6 fully saturated rings. The molecule has 8 unspecified atom stereocenters. The highest BCUT2D eigenvalue weighted by Gasteiger charge is 2.48. The van der Waals surface area contributed by atoms with Crippen LogP contribution in [0.15, 0.2) is 72.8 Å². The first-order chi connectivity index (χ1) is 36.1. The Morgan fingerprint density at radius 3 is 1.31 bits per heavy atom. The lowest BCUT2D eigenvalue weighted by molar-refractivity contribution is -0.236. The molecule has 74 heavy (non-hydrogen) atoms. The Hall–Kier alpha value is -4.82. The van der Waals surface area contributed by atoms with E-state index in [0.29, 0.717) is 75.5 Å². The number of allylic oxidation sites excluding steroid dienone is 2. The zero-order chi connectivity index (χ0) is 50.8. The largest absolute Gasteiger partial charge is 0.444 e. The number of rotatable bonds is 12. The molecule has 2 heterocycles. The van der Waals surface area contributed by atoms with Gasteiger partial charge < -0.3 is 19.1 Å². The van der Waals surface area contributed by atoms with Crippen molar-refractivity contribution in [3.63, 3.8) is 0 Å². The van der Waals surface area contributed by atoms with Crippen LogP contribution < -0.4 is 0 Å². The zero-order valence-electron chi connectivity index (χ0n) is 42.5. The summed E-state index contributed by atoms with van der Waals surface area (Å²) in [6, 6.07) is 20.2. The zero-order valence-corrected chi connectivity index (χ0v) is 44.1. The fourth-order valence-electron chi connectivity index (χ4n) is 14.1. The molecule has 8 atom stereocenters. The van der Waals surface area contributed by atoms with Gasteiger partial charge in [-0.25, -0.2) is 9.59 Å². The molecule has 2 saturated heterocycles. The Bertz CT molecular complexity index is 2690. The van der Waals surface area contributed by atoms with Crippen LogP contribution in [0.1, 0.15) is 146 Å². The van der Waals surface area contributed by atoms with Crippen molar-refractivity contribution in [2.45, 2.75) is 137 Å². The van der Waals surface area contributed by atoms with Crippen molar-refractivity contribution in [3.8, 4) is 0 Å². The molecular formula is C60H68Cl2N4O8. The molecule has 2 aliphatic heterocycles. The van der Waals surface area contributed by atoms with Crippen LogP contribution in [-0.2, 0) is 38.3 Å². The Labute approximate surface area is 444 Å². The smallest absolute Gasteiger partial charge is 0.371 e. The third kappa shape index (κ3) is 9.37. The van der Waals surface area contributed by atoms with E-state index in [0.717, 1.165) is 107 Å². The molecule has 0 radical (unpaired) electrons. The minimum Gasteiger partial charge on any atom is -0.371 e. The van der Waals surface area contributed by atoms with Crippen LogP contribution in [0.2, 0.25) is 0 Å². The normalized spacial score (nSPS) is 25.6. The molecule has 0 N–H and O–H groups in total. The summed E-state index contributed by atoms with van der Waals surface area (Å²) in [7, 11) is 3.02. The number of piperidine rings is 2. The van der Waals surface area contributed by atoms with Gasteiger partial charge in [0.05, 0.1) is 12.1 Å². The Balaban J connectivity index is 0.773. The van der Waals surface area contributed by atoms with E-state index in [1.54, 1.807) is 0 Å². The van der Waals surface area contributed by atoms with Crippen molar-refractivity contribution < 1.29 is 38.3 Å². The fraction of sp³-hybridized carbons (Fsp3) is 0.533. The van der Waals surface area contributed by atoms with Gasteiger partial charge in [0.2, 0.25) is 0 Å². The van der Waals surface area contributed by atoms with E-state index in [4.69, 9.17) is 42.4 Å². The van der Waals surface area contributed by atoms with Crippen molar-refractivity contribution >= 4 is 80.7 Å². The standard InChI is InChI=1S/C60H68Cl2N4O8/c1-71-53(35-11-3-4-12-35)57(67)65(43-23-27-63(28-24-43)55(61)51-45-17-9-7-15-37(45)31-41-21-19-39-33-47(39)49(41)51)73-59(69)60(70)74-66(58(68)54(72-2)36-13-5-6-14-36)44-25-29-64(30-26-44)56(62)52-46-18-10-8-16-38(46)32-42-22-20-40-34-48(40)50(42)52/h7-10,15-22,31-32,35-36,39-40,43-44,47-48,53-56H,3-6,11-14,23-30,33-34H2,1-2H3. The number of methoxy groups -OCH3 is 2. The van der Waals surface area contributed by atoms with Gasteiger partial charge in [0.15, 0.2) is 0 Å². The Kier molecular flexibility index (Phi) is 14.2. The SMILES string of the molecule is COC(C(=O)N(OC(=O)C(=O)ON(C(=O)C(OC)C1CCCC1)C1CCN(C(Cl)c2c3c(cc4ccccc24)C=CC2CC32)CC1)C1CCN(C(Cl)c2c3c(cc4ccccc24)C=CC2CC32)CC1)C1CCCC1. The molecule has 4 saturated carbocycles. The van der Waals surface area contributed by atoms with Crippen molar-refractivity contribution in [1.82, 2.24) is 19.9 Å². The van der Waals surface area contributed by atoms with E-state index in [-0.39, 0.29) is 11.8 Å². The lowest BCUT2D eigenvalue weighted by atomic mass is 9.87. The van der Waals surface area contributed by atoms with Crippen LogP contribution in [0.3, 0.4) is 0 Å². The molecule has 0 spiro atoms. The van der Waals surface area contributed by atoms with Gasteiger partial charge in [-0.3, -0.25) is 19.4 Å². The first-order valence-corrected chi connectivity index (χ1v) is 28.4. The van der Waals surface area contributed by atoms with Crippen LogP contribution in [0.4, 0.5) is 0 Å². The molecule has 12 nitrogen and oxygen atoms in total. The highest BCUT2D eigenvalue weighted by atomic mass is 35.5. The van der Waals surface area contributed by atoms with E-state index in [1.807, 2.05) is 0 Å². The van der Waals surface area contributed by atoms with Gasteiger partial charge in [0.25, 0.3) is 11.8 Å². The average molecular weight is 1040 g/mol. The number of hydrogen-bond donors (Lipinski definition) is 0. The maximum Gasteiger partial charge on any atom is 0.444 e. The molecule has 0 bridgehead atoms. The second-order valence-corrected chi connectivity index (χ2v) is 23.3. The van der Waals surface area contributed by atoms with Crippen molar-refractivity contribution in [2.24, 2.45) is 23.7 Å². The van der Waals surface area contributed by atoms with Crippen LogP contribution in [0.25, 0.3) is 33.7 Å². The summed E-state index contributed by atoms with van der Waals surface area (Å²) in [5, 5.41) is 6.76. The van der Waals surface area contributed by atoms with Crippen molar-refractivity contribution in [2.75, 3.05) is 40.4 Å². The Morgan fingerprint density at radius 1 is 0.554 bits per heavy atom. The van der Waals surface area contributed by atoms with Gasteiger partial charge in [0.1, 0.15) is 23.2 Å². The van der Waals surface area contributed by atoms with E-state index < -0.39 is 59.0 Å². The molecule has 4 aromatic carbocycles. The maximum absolute atomic E-state index is 14.7. The molecule has 390 valence electrons. The number of fused-ring (bicyclic) bond motifs is 8. The lowest BCUT2D eigenvalue weighted by Gasteiger charge is -2.41. The number of nitrogens with zero attached hydrogens (tertiary/aromatic N) is 4. The summed E-state index contributed by atoms with van der Waals surface area (Å²) in [6.45, 7) is 2.05. The maximum atomic E-state index is 14.7. The van der Waals surface area contributed by atoms with E-state index >= 15 is 0 Å². The van der Waals surface area contributed by atoms with E-state index in [2.05, 4.69) is 94.8 Å². The minimum absolute atomic E-state index is 0.0626. The van der Waals surface area contributed by atoms with E-state index in [9.17, 15) is 19.2 Å². The number of ether oxygens (including phenoxy) is 2. The number of benzene rings is 4. The summed E-state index contributed by atoms with van der Waals surface area (Å²) in [4.78, 5) is 74.5. The molecule has 14 heteroatoms. The van der Waals surface area contributed by atoms with Gasteiger partial charge >= 0.3 is 11.9 Å². The number of halogens is 2. The molecule has 6 aliphatic carbocycles. The second kappa shape index (κ2) is 21.0. The molecule has 12 rings (SSSR count). The first kappa shape index (κ1) is 50.0. The van der Waals surface area contributed by atoms with Gasteiger partial charge in [0, 0.05) is 40.4 Å². The third-order valence-electron chi connectivity index (χ3n) is 18.2. The first-order valence-electron chi connectivity index (χ1n) is 27.5. The molecule has 0 aromatic heterocycles. The number of hydroxylamine groups is 4. The monoisotopic (exact) mass is 1040 g/mol. The summed E-state index contributed by atoms with van der Waals surface area (Å²) in [5.74, 6) is -1.92. The second-order valence-electron chi connectivity index (χ2n) is 22.5. The Morgan fingerprint density at radius 2 is 0.932 bits per heavy atom. The minimum atomic E-state index is -1.38. The van der Waals surface area contributed by atoms with Crippen LogP contribution >= 0.6 is 23.2 Å². The summed E-state index contributed by atoms with van der Waals surface area (Å²) >= 11 is 15.2. The van der Waals surface area contributed by atoms with Gasteiger partial charge in [-0.1, -0.05) is 98.5 Å². The predicted molar refractivity (Wildman–Crippen MR) is 285 cm³/mol. The highest BCUT2D eigenvalue weighted by Crippen LogP contribution is 2.58.